The van der Waals surface area contributed by atoms with Crippen LogP contribution in [-0.4, -0.2) is 31.2 Å². The number of methoxy groups -OCH3 is 1. The van der Waals surface area contributed by atoms with Crippen LogP contribution in [0.2, 0.25) is 0 Å². The molecule has 3 rings (SSSR count). The number of benzene rings is 2. The summed E-state index contributed by atoms with van der Waals surface area (Å²) in [5.74, 6) is 0.0757. The fraction of sp³-hybridized carbons (Fsp3) is 0.273. The van der Waals surface area contributed by atoms with Crippen LogP contribution in [0.3, 0.4) is 0 Å². The van der Waals surface area contributed by atoms with Gasteiger partial charge in [-0.05, 0) is 29.7 Å². The molecule has 0 bridgehead atoms. The highest BCUT2D eigenvalue weighted by molar-refractivity contribution is 7.09. The van der Waals surface area contributed by atoms with Gasteiger partial charge >= 0.3 is 6.61 Å². The van der Waals surface area contributed by atoms with Crippen LogP contribution in [0.4, 0.5) is 8.78 Å². The molecule has 1 heterocycles. The number of thiazole rings is 1. The van der Waals surface area contributed by atoms with E-state index in [0.717, 1.165) is 22.7 Å². The Morgan fingerprint density at radius 1 is 1.13 bits per heavy atom. The standard InChI is InChI=1S/C22H22F2N2O3S/c1-28-18-8-7-16(11-19(18)29-22(23)24)9-10-25-20(27)13-17-14-30-21(26-17)12-15-5-3-2-4-6-15/h2-8,11,14,22H,9-10,12-13H2,1H3,(H,25,27). The number of nitrogens with zero attached hydrogens (tertiary/aromatic N) is 1. The van der Waals surface area contributed by atoms with Crippen LogP contribution in [-0.2, 0) is 24.1 Å². The van der Waals surface area contributed by atoms with Gasteiger partial charge in [0.2, 0.25) is 5.91 Å². The number of hydrogen-bond acceptors (Lipinski definition) is 5. The van der Waals surface area contributed by atoms with Gasteiger partial charge in [-0.1, -0.05) is 36.4 Å². The summed E-state index contributed by atoms with van der Waals surface area (Å²) >= 11 is 1.54. The first-order chi connectivity index (χ1) is 14.5. The van der Waals surface area contributed by atoms with Crippen molar-refractivity contribution < 1.29 is 23.0 Å². The second-order valence-corrected chi connectivity index (χ2v) is 7.48. The minimum absolute atomic E-state index is 0.0234. The lowest BCUT2D eigenvalue weighted by Gasteiger charge is -2.11. The second kappa shape index (κ2) is 10.7. The summed E-state index contributed by atoms with van der Waals surface area (Å²) in [6.45, 7) is -2.56. The number of halogens is 2. The number of hydrogen-bond donors (Lipinski definition) is 1. The van der Waals surface area contributed by atoms with Gasteiger partial charge in [-0.15, -0.1) is 11.3 Å². The number of carbonyl (C=O) groups is 1. The average molecular weight is 432 g/mol. The first kappa shape index (κ1) is 21.7. The molecule has 0 aliphatic rings. The minimum Gasteiger partial charge on any atom is -0.493 e. The molecule has 0 aliphatic carbocycles. The van der Waals surface area contributed by atoms with Crippen molar-refractivity contribution in [3.8, 4) is 11.5 Å². The van der Waals surface area contributed by atoms with Gasteiger partial charge in [0.1, 0.15) is 0 Å². The zero-order chi connectivity index (χ0) is 21.3. The van der Waals surface area contributed by atoms with E-state index in [2.05, 4.69) is 15.0 Å². The minimum atomic E-state index is -2.93. The molecule has 2 aromatic carbocycles. The van der Waals surface area contributed by atoms with Gasteiger partial charge in [-0.3, -0.25) is 4.79 Å². The van der Waals surface area contributed by atoms with Crippen LogP contribution < -0.4 is 14.8 Å². The Morgan fingerprint density at radius 3 is 2.67 bits per heavy atom. The molecule has 0 unspecified atom stereocenters. The van der Waals surface area contributed by atoms with Crippen molar-refractivity contribution in [2.24, 2.45) is 0 Å². The Kier molecular flexibility index (Phi) is 7.73. The lowest BCUT2D eigenvalue weighted by Crippen LogP contribution is -2.27. The summed E-state index contributed by atoms with van der Waals surface area (Å²) in [6, 6.07) is 14.9. The molecule has 8 heteroatoms. The lowest BCUT2D eigenvalue weighted by atomic mass is 10.1. The highest BCUT2D eigenvalue weighted by Gasteiger charge is 2.12. The molecular formula is C22H22F2N2O3S. The third-order valence-corrected chi connectivity index (χ3v) is 5.22. The number of rotatable bonds is 10. The Morgan fingerprint density at radius 2 is 1.93 bits per heavy atom. The van der Waals surface area contributed by atoms with Crippen molar-refractivity contribution in [1.82, 2.24) is 10.3 Å². The predicted octanol–water partition coefficient (Wildman–Crippen LogP) is 4.25. The van der Waals surface area contributed by atoms with E-state index in [9.17, 15) is 13.6 Å². The summed E-state index contributed by atoms with van der Waals surface area (Å²) in [5, 5.41) is 5.70. The van der Waals surface area contributed by atoms with E-state index < -0.39 is 6.61 Å². The Balaban J connectivity index is 1.47. The monoisotopic (exact) mass is 432 g/mol. The molecule has 1 aromatic heterocycles. The van der Waals surface area contributed by atoms with E-state index in [4.69, 9.17) is 4.74 Å². The Bertz CT molecular complexity index is 964. The summed E-state index contributed by atoms with van der Waals surface area (Å²) in [7, 11) is 1.39. The maximum Gasteiger partial charge on any atom is 0.387 e. The number of aromatic nitrogens is 1. The molecule has 0 saturated carbocycles. The predicted molar refractivity (Wildman–Crippen MR) is 111 cm³/mol. The van der Waals surface area contributed by atoms with Crippen LogP contribution in [0.5, 0.6) is 11.5 Å². The van der Waals surface area contributed by atoms with E-state index >= 15 is 0 Å². The van der Waals surface area contributed by atoms with Gasteiger partial charge in [0.05, 0.1) is 24.2 Å². The fourth-order valence-corrected chi connectivity index (χ4v) is 3.75. The number of carbonyl (C=O) groups excluding carboxylic acids is 1. The lowest BCUT2D eigenvalue weighted by molar-refractivity contribution is -0.120. The first-order valence-corrected chi connectivity index (χ1v) is 10.3. The van der Waals surface area contributed by atoms with Crippen LogP contribution in [0, 0.1) is 0 Å². The van der Waals surface area contributed by atoms with Gasteiger partial charge in [-0.2, -0.15) is 8.78 Å². The van der Waals surface area contributed by atoms with Crippen LogP contribution in [0.25, 0.3) is 0 Å². The van der Waals surface area contributed by atoms with E-state index in [0.29, 0.717) is 13.0 Å². The average Bonchev–Trinajstić information content (AvgIpc) is 3.15. The van der Waals surface area contributed by atoms with E-state index in [-0.39, 0.29) is 23.8 Å². The van der Waals surface area contributed by atoms with Gasteiger partial charge < -0.3 is 14.8 Å². The SMILES string of the molecule is COc1ccc(CCNC(=O)Cc2csc(Cc3ccccc3)n2)cc1OC(F)F. The molecule has 0 aliphatic heterocycles. The van der Waals surface area contributed by atoms with Gasteiger partial charge in [-0.25, -0.2) is 4.98 Å². The van der Waals surface area contributed by atoms with E-state index in [1.807, 2.05) is 35.7 Å². The zero-order valence-corrected chi connectivity index (χ0v) is 17.3. The van der Waals surface area contributed by atoms with Crippen molar-refractivity contribution in [2.45, 2.75) is 25.9 Å². The quantitative estimate of drug-likeness (QED) is 0.521. The molecule has 3 aromatic rings. The smallest absolute Gasteiger partial charge is 0.387 e. The van der Waals surface area contributed by atoms with Crippen molar-refractivity contribution in [1.29, 1.82) is 0 Å². The van der Waals surface area contributed by atoms with Gasteiger partial charge in [0.25, 0.3) is 0 Å². The summed E-state index contributed by atoms with van der Waals surface area (Å²) < 4.78 is 34.5. The summed E-state index contributed by atoms with van der Waals surface area (Å²) in [6.07, 6.45) is 1.42. The normalized spacial score (nSPS) is 10.8. The fourth-order valence-electron chi connectivity index (χ4n) is 2.92. The van der Waals surface area contributed by atoms with E-state index in [1.165, 1.54) is 30.1 Å². The van der Waals surface area contributed by atoms with Crippen LogP contribution >= 0.6 is 11.3 Å². The maximum absolute atomic E-state index is 12.5. The number of amides is 1. The molecule has 1 N–H and O–H groups in total. The molecule has 0 atom stereocenters. The highest BCUT2D eigenvalue weighted by Crippen LogP contribution is 2.29. The number of nitrogens with one attached hydrogen (secondary N) is 1. The number of ether oxygens (including phenoxy) is 2. The van der Waals surface area contributed by atoms with Gasteiger partial charge in [0, 0.05) is 18.3 Å². The van der Waals surface area contributed by atoms with Crippen molar-refractivity contribution in [2.75, 3.05) is 13.7 Å². The molecule has 1 amide bonds. The van der Waals surface area contributed by atoms with Gasteiger partial charge in [0.15, 0.2) is 11.5 Å². The molecule has 0 fully saturated rings. The van der Waals surface area contributed by atoms with Crippen LogP contribution in [0.15, 0.2) is 53.9 Å². The topological polar surface area (TPSA) is 60.5 Å². The Labute approximate surface area is 177 Å². The Hall–Kier alpha value is -3.00. The first-order valence-electron chi connectivity index (χ1n) is 9.39. The van der Waals surface area contributed by atoms with E-state index in [1.54, 1.807) is 12.1 Å². The third kappa shape index (κ3) is 6.52. The molecule has 30 heavy (non-hydrogen) atoms. The highest BCUT2D eigenvalue weighted by atomic mass is 32.1. The molecule has 5 nitrogen and oxygen atoms in total. The molecule has 158 valence electrons. The molecule has 0 radical (unpaired) electrons. The summed E-state index contributed by atoms with van der Waals surface area (Å²) in [4.78, 5) is 16.7. The zero-order valence-electron chi connectivity index (χ0n) is 16.4. The molecular weight excluding hydrogens is 410 g/mol. The van der Waals surface area contributed by atoms with Crippen molar-refractivity contribution in [3.05, 3.63) is 75.7 Å². The van der Waals surface area contributed by atoms with Crippen LogP contribution in [0.1, 0.15) is 21.8 Å². The number of alkyl halides is 2. The van der Waals surface area contributed by atoms with Crippen molar-refractivity contribution in [3.63, 3.8) is 0 Å². The largest absolute Gasteiger partial charge is 0.493 e. The molecule has 0 spiro atoms. The summed E-state index contributed by atoms with van der Waals surface area (Å²) in [5.41, 5.74) is 2.67. The second-order valence-electron chi connectivity index (χ2n) is 6.54. The van der Waals surface area contributed by atoms with Crippen molar-refractivity contribution >= 4 is 17.2 Å². The maximum atomic E-state index is 12.5. The molecule has 0 saturated heterocycles. The third-order valence-electron chi connectivity index (χ3n) is 4.32.